The van der Waals surface area contributed by atoms with Crippen LogP contribution < -0.4 is 5.32 Å². The first-order valence-corrected chi connectivity index (χ1v) is 5.56. The normalized spacial score (nSPS) is 10.2. The molecule has 1 heterocycles. The maximum absolute atomic E-state index is 13.0. The predicted molar refractivity (Wildman–Crippen MR) is 68.1 cm³/mol. The van der Waals surface area contributed by atoms with Gasteiger partial charge in [0.05, 0.1) is 6.20 Å². The average molecular weight is 244 g/mol. The van der Waals surface area contributed by atoms with Gasteiger partial charge in [-0.2, -0.15) is 0 Å². The first-order chi connectivity index (χ1) is 8.56. The number of rotatable bonds is 2. The number of hydrogen-bond donors (Lipinski definition) is 1. The Labute approximate surface area is 105 Å². The van der Waals surface area contributed by atoms with Gasteiger partial charge in [-0.1, -0.05) is 17.7 Å². The smallest absolute Gasteiger partial charge is 0.256 e. The quantitative estimate of drug-likeness (QED) is 0.882. The molecule has 0 saturated heterocycles. The van der Waals surface area contributed by atoms with E-state index in [0.717, 1.165) is 11.8 Å². The minimum atomic E-state index is -0.386. The van der Waals surface area contributed by atoms with E-state index in [4.69, 9.17) is 0 Å². The number of nitrogens with zero attached hydrogens (tertiary/aromatic N) is 1. The lowest BCUT2D eigenvalue weighted by Crippen LogP contribution is -2.13. The van der Waals surface area contributed by atoms with Crippen LogP contribution in [0.15, 0.2) is 36.5 Å². The zero-order valence-corrected chi connectivity index (χ0v) is 10.2. The summed E-state index contributed by atoms with van der Waals surface area (Å²) >= 11 is 0. The lowest BCUT2D eigenvalue weighted by Gasteiger charge is -2.05. The van der Waals surface area contributed by atoms with Gasteiger partial charge in [0.15, 0.2) is 0 Å². The molecular weight excluding hydrogens is 231 g/mol. The number of amides is 1. The van der Waals surface area contributed by atoms with Crippen LogP contribution in [-0.4, -0.2) is 10.9 Å². The van der Waals surface area contributed by atoms with E-state index in [-0.39, 0.29) is 11.7 Å². The molecule has 1 amide bonds. The molecule has 4 heteroatoms. The van der Waals surface area contributed by atoms with Gasteiger partial charge in [0.1, 0.15) is 11.6 Å². The molecule has 0 aliphatic rings. The molecule has 92 valence electrons. The van der Waals surface area contributed by atoms with Crippen LogP contribution in [0.25, 0.3) is 0 Å². The summed E-state index contributed by atoms with van der Waals surface area (Å²) in [4.78, 5) is 15.7. The fourth-order valence-electron chi connectivity index (χ4n) is 1.50. The number of anilines is 1. The van der Waals surface area contributed by atoms with Crippen molar-refractivity contribution in [3.05, 3.63) is 59.0 Å². The number of aromatic nitrogens is 1. The van der Waals surface area contributed by atoms with Crippen molar-refractivity contribution in [2.24, 2.45) is 0 Å². The molecule has 3 nitrogen and oxygen atoms in total. The number of benzene rings is 1. The van der Waals surface area contributed by atoms with Crippen molar-refractivity contribution in [1.82, 2.24) is 4.98 Å². The Balaban J connectivity index is 2.16. The van der Waals surface area contributed by atoms with E-state index in [2.05, 4.69) is 10.3 Å². The van der Waals surface area contributed by atoms with Gasteiger partial charge in [0.25, 0.3) is 5.91 Å². The van der Waals surface area contributed by atoms with E-state index < -0.39 is 0 Å². The number of carbonyl (C=O) groups is 1. The summed E-state index contributed by atoms with van der Waals surface area (Å²) < 4.78 is 13.0. The molecule has 0 aliphatic heterocycles. The van der Waals surface area contributed by atoms with E-state index >= 15 is 0 Å². The third-order valence-corrected chi connectivity index (χ3v) is 2.60. The lowest BCUT2D eigenvalue weighted by atomic mass is 10.1. The zero-order valence-electron chi connectivity index (χ0n) is 10.2. The molecule has 0 aliphatic carbocycles. The Kier molecular flexibility index (Phi) is 3.37. The molecule has 18 heavy (non-hydrogen) atoms. The third-order valence-electron chi connectivity index (χ3n) is 2.60. The van der Waals surface area contributed by atoms with E-state index in [9.17, 15) is 9.18 Å². The highest BCUT2D eigenvalue weighted by atomic mass is 19.1. The first-order valence-electron chi connectivity index (χ1n) is 5.56. The van der Waals surface area contributed by atoms with Crippen LogP contribution >= 0.6 is 0 Å². The van der Waals surface area contributed by atoms with E-state index in [1.54, 1.807) is 19.1 Å². The number of aryl methyl sites for hydroxylation is 2. The largest absolute Gasteiger partial charge is 0.307 e. The summed E-state index contributed by atoms with van der Waals surface area (Å²) in [6.07, 6.45) is 1.10. The number of carbonyl (C=O) groups excluding carboxylic acids is 1. The highest BCUT2D eigenvalue weighted by molar-refractivity contribution is 6.03. The summed E-state index contributed by atoms with van der Waals surface area (Å²) in [5.74, 6) is -0.295. The van der Waals surface area contributed by atoms with Crippen LogP contribution in [0.5, 0.6) is 0 Å². The Morgan fingerprint density at radius 1 is 1.22 bits per heavy atom. The van der Waals surface area contributed by atoms with Crippen LogP contribution in [0.1, 0.15) is 21.5 Å². The highest BCUT2D eigenvalue weighted by Gasteiger charge is 2.07. The molecule has 0 spiro atoms. The standard InChI is InChI=1S/C14H13FN2O/c1-9-3-5-11(6-4-9)14(18)17-13-7-10(2)12(15)8-16-13/h3-8H,1-2H3,(H,16,17,18). The second-order valence-electron chi connectivity index (χ2n) is 4.14. The topological polar surface area (TPSA) is 42.0 Å². The molecule has 1 aromatic carbocycles. The number of hydrogen-bond acceptors (Lipinski definition) is 2. The molecule has 2 aromatic rings. The summed E-state index contributed by atoms with van der Waals surface area (Å²) in [6, 6.07) is 8.69. The van der Waals surface area contributed by atoms with Crippen molar-refractivity contribution >= 4 is 11.7 Å². The molecule has 0 unspecified atom stereocenters. The van der Waals surface area contributed by atoms with E-state index in [1.807, 2.05) is 19.1 Å². The summed E-state index contributed by atoms with van der Waals surface area (Å²) in [5, 5.41) is 2.63. The van der Waals surface area contributed by atoms with Crippen LogP contribution in [0.3, 0.4) is 0 Å². The highest BCUT2D eigenvalue weighted by Crippen LogP contribution is 2.11. The minimum Gasteiger partial charge on any atom is -0.307 e. The number of pyridine rings is 1. The minimum absolute atomic E-state index is 0.256. The molecular formula is C14H13FN2O. The van der Waals surface area contributed by atoms with Crippen LogP contribution in [0.2, 0.25) is 0 Å². The van der Waals surface area contributed by atoms with Gasteiger partial charge in [-0.25, -0.2) is 9.37 Å². The van der Waals surface area contributed by atoms with Gasteiger partial charge in [-0.05, 0) is 37.6 Å². The van der Waals surface area contributed by atoms with Gasteiger partial charge >= 0.3 is 0 Å². The summed E-state index contributed by atoms with van der Waals surface area (Å²) in [7, 11) is 0. The molecule has 0 atom stereocenters. The number of halogens is 1. The predicted octanol–water partition coefficient (Wildman–Crippen LogP) is 3.09. The average Bonchev–Trinajstić information content (AvgIpc) is 2.34. The maximum atomic E-state index is 13.0. The first kappa shape index (κ1) is 12.2. The van der Waals surface area contributed by atoms with Gasteiger partial charge in [0.2, 0.25) is 0 Å². The second-order valence-corrected chi connectivity index (χ2v) is 4.14. The Morgan fingerprint density at radius 2 is 1.89 bits per heavy atom. The molecule has 1 N–H and O–H groups in total. The third kappa shape index (κ3) is 2.71. The fourth-order valence-corrected chi connectivity index (χ4v) is 1.50. The van der Waals surface area contributed by atoms with Gasteiger partial charge in [-0.15, -0.1) is 0 Å². The molecule has 0 fully saturated rings. The van der Waals surface area contributed by atoms with Crippen LogP contribution in [0, 0.1) is 19.7 Å². The molecule has 2 rings (SSSR count). The second kappa shape index (κ2) is 4.96. The Bertz CT molecular complexity index is 579. The monoisotopic (exact) mass is 244 g/mol. The van der Waals surface area contributed by atoms with Crippen LogP contribution in [-0.2, 0) is 0 Å². The SMILES string of the molecule is Cc1ccc(C(=O)Nc2cc(C)c(F)cn2)cc1. The Morgan fingerprint density at radius 3 is 2.50 bits per heavy atom. The maximum Gasteiger partial charge on any atom is 0.256 e. The Hall–Kier alpha value is -2.23. The van der Waals surface area contributed by atoms with Crippen molar-refractivity contribution in [2.45, 2.75) is 13.8 Å². The number of nitrogens with one attached hydrogen (secondary N) is 1. The van der Waals surface area contributed by atoms with Crippen molar-refractivity contribution < 1.29 is 9.18 Å². The van der Waals surface area contributed by atoms with Crippen LogP contribution in [0.4, 0.5) is 10.2 Å². The van der Waals surface area contributed by atoms with Gasteiger partial charge < -0.3 is 5.32 Å². The summed E-state index contributed by atoms with van der Waals surface area (Å²) in [5.41, 5.74) is 2.08. The van der Waals surface area contributed by atoms with Crippen molar-refractivity contribution in [1.29, 1.82) is 0 Å². The molecule has 1 aromatic heterocycles. The zero-order chi connectivity index (χ0) is 13.1. The van der Waals surface area contributed by atoms with Crippen molar-refractivity contribution in [3.8, 4) is 0 Å². The summed E-state index contributed by atoms with van der Waals surface area (Å²) in [6.45, 7) is 3.57. The van der Waals surface area contributed by atoms with Gasteiger partial charge in [0, 0.05) is 5.56 Å². The van der Waals surface area contributed by atoms with E-state index in [0.29, 0.717) is 16.9 Å². The molecule has 0 radical (unpaired) electrons. The lowest BCUT2D eigenvalue weighted by molar-refractivity contribution is 0.102. The molecule has 0 bridgehead atoms. The van der Waals surface area contributed by atoms with Crippen molar-refractivity contribution in [2.75, 3.05) is 5.32 Å². The fraction of sp³-hybridized carbons (Fsp3) is 0.143. The van der Waals surface area contributed by atoms with Crippen molar-refractivity contribution in [3.63, 3.8) is 0 Å². The molecule has 0 saturated carbocycles. The van der Waals surface area contributed by atoms with Gasteiger partial charge in [-0.3, -0.25) is 4.79 Å². The van der Waals surface area contributed by atoms with E-state index in [1.165, 1.54) is 6.07 Å².